The normalized spacial score (nSPS) is 13.8. The molecule has 5 rings (SSSR count). The summed E-state index contributed by atoms with van der Waals surface area (Å²) in [7, 11) is 0. The number of nitrogens with zero attached hydrogens (tertiary/aromatic N) is 5. The molecule has 0 unspecified atom stereocenters. The molecular weight excluding hydrogens is 643 g/mol. The number of alkyl halides is 9. The molecule has 0 saturated carbocycles. The number of benzene rings is 1. The monoisotopic (exact) mass is 664 g/mol. The van der Waals surface area contributed by atoms with Crippen LogP contribution in [-0.2, 0) is 30.0 Å². The number of pyridine rings is 1. The minimum Gasteiger partial charge on any atom is -0.475 e. The van der Waals surface area contributed by atoms with Crippen molar-refractivity contribution in [1.82, 2.24) is 19.9 Å². The van der Waals surface area contributed by atoms with Crippen LogP contribution in [0.15, 0.2) is 48.0 Å². The Morgan fingerprint density at radius 1 is 0.911 bits per heavy atom. The van der Waals surface area contributed by atoms with Gasteiger partial charge >= 0.3 is 24.5 Å². The highest BCUT2D eigenvalue weighted by molar-refractivity contribution is 7.09. The number of aliphatic carboxylic acids is 1. The van der Waals surface area contributed by atoms with Crippen LogP contribution in [-0.4, -0.2) is 50.3 Å². The van der Waals surface area contributed by atoms with E-state index in [0.29, 0.717) is 47.1 Å². The Kier molecular flexibility index (Phi) is 9.55. The smallest absolute Gasteiger partial charge is 0.475 e. The first-order valence-electron chi connectivity index (χ1n) is 12.8. The van der Waals surface area contributed by atoms with Gasteiger partial charge in [0.05, 0.1) is 21.8 Å². The molecule has 0 fully saturated rings. The second-order valence-electron chi connectivity index (χ2n) is 9.44. The molecule has 240 valence electrons. The third kappa shape index (κ3) is 8.37. The van der Waals surface area contributed by atoms with Crippen molar-refractivity contribution in [3.63, 3.8) is 0 Å². The van der Waals surface area contributed by atoms with E-state index < -0.39 is 35.6 Å². The molecule has 0 radical (unpaired) electrons. The van der Waals surface area contributed by atoms with Gasteiger partial charge in [-0.15, -0.1) is 11.3 Å². The van der Waals surface area contributed by atoms with Gasteiger partial charge in [-0.2, -0.15) is 39.5 Å². The minimum atomic E-state index is -5.08. The number of carboxylic acids is 1. The predicted molar refractivity (Wildman–Crippen MR) is 145 cm³/mol. The molecule has 1 aromatic carbocycles. The molecule has 0 aliphatic carbocycles. The summed E-state index contributed by atoms with van der Waals surface area (Å²) >= 11 is 1.41. The zero-order chi connectivity index (χ0) is 33.2. The highest BCUT2D eigenvalue weighted by Gasteiger charge is 2.38. The van der Waals surface area contributed by atoms with E-state index in [0.717, 1.165) is 23.2 Å². The average Bonchev–Trinajstić information content (AvgIpc) is 3.27. The fraction of sp³-hybridized carbons (Fsp3) is 0.296. The number of carbonyl (C=O) groups is 1. The molecule has 4 aromatic rings. The second kappa shape index (κ2) is 12.9. The molecule has 45 heavy (non-hydrogen) atoms. The van der Waals surface area contributed by atoms with Gasteiger partial charge in [0.2, 0.25) is 0 Å². The number of fused-ring (bicyclic) bond motifs is 1. The number of hydrogen-bond donors (Lipinski definition) is 2. The largest absolute Gasteiger partial charge is 0.490 e. The number of rotatable bonds is 4. The van der Waals surface area contributed by atoms with E-state index in [4.69, 9.17) is 9.90 Å². The summed E-state index contributed by atoms with van der Waals surface area (Å²) in [6.45, 7) is 2.29. The van der Waals surface area contributed by atoms with E-state index in [1.165, 1.54) is 35.7 Å². The number of anilines is 3. The predicted octanol–water partition coefficient (Wildman–Crippen LogP) is 7.32. The maximum absolute atomic E-state index is 13.6. The van der Waals surface area contributed by atoms with Crippen LogP contribution in [0.1, 0.15) is 27.4 Å². The summed E-state index contributed by atoms with van der Waals surface area (Å²) < 4.78 is 112. The van der Waals surface area contributed by atoms with E-state index >= 15 is 0 Å². The lowest BCUT2D eigenvalue weighted by Crippen LogP contribution is -2.29. The number of thiazole rings is 1. The molecule has 18 heteroatoms. The van der Waals surface area contributed by atoms with Crippen LogP contribution in [0, 0.1) is 6.92 Å². The Balaban J connectivity index is 0.000000591. The number of aryl methyl sites for hydroxylation is 1. The third-order valence-electron chi connectivity index (χ3n) is 6.30. The molecule has 1 aliphatic heterocycles. The third-order valence-corrected chi connectivity index (χ3v) is 7.07. The zero-order valence-corrected chi connectivity index (χ0v) is 23.7. The Morgan fingerprint density at radius 3 is 2.11 bits per heavy atom. The molecule has 0 saturated heterocycles. The number of halogens is 9. The van der Waals surface area contributed by atoms with Crippen molar-refractivity contribution in [3.8, 4) is 11.5 Å². The molecule has 0 spiro atoms. The average molecular weight is 665 g/mol. The molecule has 1 aliphatic rings. The van der Waals surface area contributed by atoms with Crippen molar-refractivity contribution in [1.29, 1.82) is 0 Å². The standard InChI is InChI=1S/C25H20F6N6S.C2HF3O2/c1-14-33-20(13-38-14)22-35-19-9-12-37(23-18(25(29,30)31)3-2-10-32-23)11-8-17(19)21(36-22)34-16-6-4-15(5-7-16)24(26,27)28;3-2(4,5)1(6)7/h2-7,10,13H,8-9,11-12H2,1H3,(H,34,35,36);(H,6,7). The van der Waals surface area contributed by atoms with Crippen LogP contribution >= 0.6 is 11.3 Å². The first-order valence-corrected chi connectivity index (χ1v) is 13.7. The topological polar surface area (TPSA) is 104 Å². The molecule has 2 N–H and O–H groups in total. The van der Waals surface area contributed by atoms with Gasteiger partial charge in [0.1, 0.15) is 17.3 Å². The molecule has 0 atom stereocenters. The van der Waals surface area contributed by atoms with Crippen molar-refractivity contribution < 1.29 is 49.4 Å². The lowest BCUT2D eigenvalue weighted by Gasteiger charge is -2.24. The van der Waals surface area contributed by atoms with E-state index in [2.05, 4.69) is 25.3 Å². The van der Waals surface area contributed by atoms with Crippen LogP contribution in [0.25, 0.3) is 11.5 Å². The molecular formula is C27H21F9N6O2S. The Hall–Kier alpha value is -4.48. The van der Waals surface area contributed by atoms with Crippen molar-refractivity contribution in [2.45, 2.75) is 38.3 Å². The van der Waals surface area contributed by atoms with Crippen molar-refractivity contribution in [3.05, 3.63) is 75.4 Å². The highest BCUT2D eigenvalue weighted by Crippen LogP contribution is 2.37. The Labute approximate surface area is 252 Å². The molecule has 4 heterocycles. The lowest BCUT2D eigenvalue weighted by atomic mass is 10.1. The quantitative estimate of drug-likeness (QED) is 0.219. The van der Waals surface area contributed by atoms with Crippen molar-refractivity contribution >= 4 is 34.6 Å². The summed E-state index contributed by atoms with van der Waals surface area (Å²) in [6.07, 6.45) is -12.2. The van der Waals surface area contributed by atoms with Gasteiger partial charge in [-0.3, -0.25) is 0 Å². The zero-order valence-electron chi connectivity index (χ0n) is 22.8. The SMILES string of the molecule is Cc1nc(-c2nc3c(c(Nc4ccc(C(F)(F)F)cc4)n2)CCN(c2ncccc2C(F)(F)F)CC3)cs1.O=C(O)C(F)(F)F. The van der Waals surface area contributed by atoms with Gasteiger partial charge in [0.25, 0.3) is 0 Å². The number of carboxylic acid groups (broad SMARTS) is 1. The van der Waals surface area contributed by atoms with Gasteiger partial charge in [-0.1, -0.05) is 0 Å². The summed E-state index contributed by atoms with van der Waals surface area (Å²) in [5.74, 6) is -2.22. The number of aromatic nitrogens is 4. The van der Waals surface area contributed by atoms with Crippen LogP contribution < -0.4 is 10.2 Å². The summed E-state index contributed by atoms with van der Waals surface area (Å²) in [5.41, 5.74) is 0.614. The Morgan fingerprint density at radius 2 is 1.56 bits per heavy atom. The number of hydrogen-bond acceptors (Lipinski definition) is 8. The maximum Gasteiger partial charge on any atom is 0.490 e. The second-order valence-corrected chi connectivity index (χ2v) is 10.5. The fourth-order valence-corrected chi connectivity index (χ4v) is 4.84. The molecule has 8 nitrogen and oxygen atoms in total. The molecule has 0 amide bonds. The van der Waals surface area contributed by atoms with Gasteiger partial charge in [0, 0.05) is 42.3 Å². The van der Waals surface area contributed by atoms with Gasteiger partial charge in [-0.05, 0) is 49.7 Å². The first kappa shape index (κ1) is 33.4. The van der Waals surface area contributed by atoms with Crippen LogP contribution in [0.5, 0.6) is 0 Å². The van der Waals surface area contributed by atoms with Crippen molar-refractivity contribution in [2.24, 2.45) is 0 Å². The van der Waals surface area contributed by atoms with E-state index in [1.54, 1.807) is 10.3 Å². The van der Waals surface area contributed by atoms with E-state index in [-0.39, 0.29) is 18.9 Å². The summed E-state index contributed by atoms with van der Waals surface area (Å²) in [4.78, 5) is 28.2. The summed E-state index contributed by atoms with van der Waals surface area (Å²) in [5, 5.41) is 12.8. The van der Waals surface area contributed by atoms with Crippen LogP contribution in [0.4, 0.5) is 56.8 Å². The van der Waals surface area contributed by atoms with Crippen LogP contribution in [0.3, 0.4) is 0 Å². The first-order chi connectivity index (χ1) is 20.9. The number of nitrogens with one attached hydrogen (secondary N) is 1. The van der Waals surface area contributed by atoms with Gasteiger partial charge in [0.15, 0.2) is 5.82 Å². The van der Waals surface area contributed by atoms with Crippen molar-refractivity contribution in [2.75, 3.05) is 23.3 Å². The molecule has 0 bridgehead atoms. The van der Waals surface area contributed by atoms with Gasteiger partial charge < -0.3 is 15.3 Å². The van der Waals surface area contributed by atoms with E-state index in [9.17, 15) is 39.5 Å². The van der Waals surface area contributed by atoms with Crippen LogP contribution in [0.2, 0.25) is 0 Å². The summed E-state index contributed by atoms with van der Waals surface area (Å²) in [6, 6.07) is 6.79. The minimum absolute atomic E-state index is 0.159. The highest BCUT2D eigenvalue weighted by atomic mass is 32.1. The lowest BCUT2D eigenvalue weighted by molar-refractivity contribution is -0.192. The maximum atomic E-state index is 13.6. The fourth-order valence-electron chi connectivity index (χ4n) is 4.24. The Bertz CT molecular complexity index is 1650. The molecule has 3 aromatic heterocycles. The van der Waals surface area contributed by atoms with E-state index in [1.807, 2.05) is 6.92 Å². The van der Waals surface area contributed by atoms with Gasteiger partial charge in [-0.25, -0.2) is 24.7 Å².